The van der Waals surface area contributed by atoms with Crippen LogP contribution >= 0.6 is 0 Å². The van der Waals surface area contributed by atoms with Gasteiger partial charge in [0.05, 0.1) is 0 Å². The SMILES string of the molecule is C=C(C)C1CC=C(C)C(OC(=O)CCCCCCC)C1. The van der Waals surface area contributed by atoms with Crippen molar-refractivity contribution in [3.05, 3.63) is 23.8 Å². The highest BCUT2D eigenvalue weighted by Gasteiger charge is 2.25. The van der Waals surface area contributed by atoms with Crippen molar-refractivity contribution < 1.29 is 9.53 Å². The van der Waals surface area contributed by atoms with E-state index in [1.807, 2.05) is 0 Å². The highest BCUT2D eigenvalue weighted by atomic mass is 16.5. The number of carbonyl (C=O) groups is 1. The number of unbranched alkanes of at least 4 members (excludes halogenated alkanes) is 4. The summed E-state index contributed by atoms with van der Waals surface area (Å²) in [5.74, 6) is 0.419. The molecule has 0 amide bonds. The van der Waals surface area contributed by atoms with E-state index in [-0.39, 0.29) is 12.1 Å². The zero-order valence-electron chi connectivity index (χ0n) is 13.4. The molecule has 0 saturated carbocycles. The van der Waals surface area contributed by atoms with Crippen LogP contribution in [0.25, 0.3) is 0 Å². The predicted octanol–water partition coefficient (Wildman–Crippen LogP) is 5.19. The van der Waals surface area contributed by atoms with Crippen molar-refractivity contribution in [2.75, 3.05) is 0 Å². The molecule has 0 bridgehead atoms. The van der Waals surface area contributed by atoms with Gasteiger partial charge in [0.2, 0.25) is 0 Å². The lowest BCUT2D eigenvalue weighted by atomic mass is 9.84. The van der Waals surface area contributed by atoms with Gasteiger partial charge in [-0.15, -0.1) is 0 Å². The molecule has 2 nitrogen and oxygen atoms in total. The summed E-state index contributed by atoms with van der Waals surface area (Å²) >= 11 is 0. The molecule has 0 aromatic carbocycles. The summed E-state index contributed by atoms with van der Waals surface area (Å²) in [6.07, 6.45) is 10.5. The average Bonchev–Trinajstić information content (AvgIpc) is 2.40. The van der Waals surface area contributed by atoms with E-state index in [0.29, 0.717) is 12.3 Å². The highest BCUT2D eigenvalue weighted by molar-refractivity contribution is 5.69. The summed E-state index contributed by atoms with van der Waals surface area (Å²) in [6.45, 7) is 10.3. The second kappa shape index (κ2) is 8.99. The zero-order valence-corrected chi connectivity index (χ0v) is 13.4. The van der Waals surface area contributed by atoms with Crippen LogP contribution in [0.4, 0.5) is 0 Å². The third-order valence-corrected chi connectivity index (χ3v) is 4.19. The molecule has 0 aromatic rings. The minimum absolute atomic E-state index is 0.0337. The van der Waals surface area contributed by atoms with Crippen molar-refractivity contribution in [1.82, 2.24) is 0 Å². The molecular formula is C18H30O2. The van der Waals surface area contributed by atoms with E-state index in [0.717, 1.165) is 25.7 Å². The summed E-state index contributed by atoms with van der Waals surface area (Å²) in [6, 6.07) is 0. The first-order chi connectivity index (χ1) is 9.54. The zero-order chi connectivity index (χ0) is 15.0. The molecule has 0 spiro atoms. The average molecular weight is 278 g/mol. The minimum Gasteiger partial charge on any atom is -0.458 e. The second-order valence-electron chi connectivity index (χ2n) is 6.11. The van der Waals surface area contributed by atoms with Crippen LogP contribution in [0, 0.1) is 5.92 Å². The number of allylic oxidation sites excluding steroid dienone is 2. The van der Waals surface area contributed by atoms with E-state index in [1.54, 1.807) is 0 Å². The Kier molecular flexibility index (Phi) is 7.64. The number of rotatable bonds is 8. The molecule has 20 heavy (non-hydrogen) atoms. The first-order valence-electron chi connectivity index (χ1n) is 8.06. The molecule has 2 unspecified atom stereocenters. The quantitative estimate of drug-likeness (QED) is 0.347. The summed E-state index contributed by atoms with van der Waals surface area (Å²) in [7, 11) is 0. The van der Waals surface area contributed by atoms with Crippen LogP contribution in [-0.2, 0) is 9.53 Å². The first kappa shape index (κ1) is 17.0. The molecule has 2 heteroatoms. The molecule has 1 rings (SSSR count). The van der Waals surface area contributed by atoms with Gasteiger partial charge in [-0.3, -0.25) is 4.79 Å². The molecule has 0 N–H and O–H groups in total. The summed E-state index contributed by atoms with van der Waals surface area (Å²) in [4.78, 5) is 11.9. The van der Waals surface area contributed by atoms with Crippen molar-refractivity contribution in [1.29, 1.82) is 0 Å². The molecule has 0 fully saturated rings. The van der Waals surface area contributed by atoms with Gasteiger partial charge in [0.25, 0.3) is 0 Å². The Morgan fingerprint density at radius 2 is 2.05 bits per heavy atom. The molecule has 0 radical (unpaired) electrons. The van der Waals surface area contributed by atoms with E-state index in [9.17, 15) is 4.79 Å². The number of hydrogen-bond acceptors (Lipinski definition) is 2. The van der Waals surface area contributed by atoms with Crippen molar-refractivity contribution >= 4 is 5.97 Å². The van der Waals surface area contributed by atoms with Crippen LogP contribution in [0.5, 0.6) is 0 Å². The van der Waals surface area contributed by atoms with Gasteiger partial charge in [-0.25, -0.2) is 0 Å². The fraction of sp³-hybridized carbons (Fsp3) is 0.722. The van der Waals surface area contributed by atoms with Crippen molar-refractivity contribution in [2.45, 2.75) is 78.2 Å². The van der Waals surface area contributed by atoms with Crippen molar-refractivity contribution in [2.24, 2.45) is 5.92 Å². The fourth-order valence-corrected chi connectivity index (χ4v) is 2.63. The maximum Gasteiger partial charge on any atom is 0.306 e. The van der Waals surface area contributed by atoms with E-state index >= 15 is 0 Å². The van der Waals surface area contributed by atoms with Gasteiger partial charge in [0.1, 0.15) is 6.10 Å². The van der Waals surface area contributed by atoms with Gasteiger partial charge in [-0.05, 0) is 44.6 Å². The number of hydrogen-bond donors (Lipinski definition) is 0. The lowest BCUT2D eigenvalue weighted by molar-refractivity contribution is -0.148. The van der Waals surface area contributed by atoms with Gasteiger partial charge in [0.15, 0.2) is 0 Å². The summed E-state index contributed by atoms with van der Waals surface area (Å²) in [5.41, 5.74) is 2.39. The molecule has 0 saturated heterocycles. The largest absolute Gasteiger partial charge is 0.458 e. The van der Waals surface area contributed by atoms with E-state index < -0.39 is 0 Å². The molecule has 0 aliphatic heterocycles. The first-order valence-corrected chi connectivity index (χ1v) is 8.06. The van der Waals surface area contributed by atoms with E-state index in [1.165, 1.54) is 30.4 Å². The Bertz CT molecular complexity index is 354. The molecule has 0 heterocycles. The second-order valence-corrected chi connectivity index (χ2v) is 6.11. The van der Waals surface area contributed by atoms with Gasteiger partial charge < -0.3 is 4.74 Å². The van der Waals surface area contributed by atoms with Crippen LogP contribution in [0.3, 0.4) is 0 Å². The van der Waals surface area contributed by atoms with E-state index in [2.05, 4.69) is 33.4 Å². The minimum atomic E-state index is -0.0402. The maximum atomic E-state index is 11.9. The predicted molar refractivity (Wildman–Crippen MR) is 84.6 cm³/mol. The Morgan fingerprint density at radius 1 is 1.35 bits per heavy atom. The lowest BCUT2D eigenvalue weighted by Gasteiger charge is -2.28. The molecule has 2 atom stereocenters. The highest BCUT2D eigenvalue weighted by Crippen LogP contribution is 2.30. The monoisotopic (exact) mass is 278 g/mol. The van der Waals surface area contributed by atoms with Gasteiger partial charge in [-0.1, -0.05) is 50.8 Å². The Labute approximate surface area is 124 Å². The molecule has 1 aliphatic rings. The Hall–Kier alpha value is -1.05. The molecule has 0 aromatic heterocycles. The third kappa shape index (κ3) is 5.94. The van der Waals surface area contributed by atoms with Crippen LogP contribution < -0.4 is 0 Å². The normalized spacial score (nSPS) is 22.2. The third-order valence-electron chi connectivity index (χ3n) is 4.19. The molecule has 1 aliphatic carbocycles. The van der Waals surface area contributed by atoms with Crippen LogP contribution in [0.2, 0.25) is 0 Å². The van der Waals surface area contributed by atoms with Gasteiger partial charge in [-0.2, -0.15) is 0 Å². The smallest absolute Gasteiger partial charge is 0.306 e. The van der Waals surface area contributed by atoms with Crippen LogP contribution in [-0.4, -0.2) is 12.1 Å². The fourth-order valence-electron chi connectivity index (χ4n) is 2.63. The summed E-state index contributed by atoms with van der Waals surface area (Å²) in [5, 5.41) is 0. The standard InChI is InChI=1S/C18H30O2/c1-5-6-7-8-9-10-18(19)20-17-13-16(14(2)3)12-11-15(17)4/h11,16-17H,2,5-10,12-13H2,1,3-4H3. The Morgan fingerprint density at radius 3 is 2.70 bits per heavy atom. The van der Waals surface area contributed by atoms with E-state index in [4.69, 9.17) is 4.74 Å². The van der Waals surface area contributed by atoms with Crippen molar-refractivity contribution in [3.63, 3.8) is 0 Å². The number of carbonyl (C=O) groups excluding carboxylic acids is 1. The number of ether oxygens (including phenoxy) is 1. The lowest BCUT2D eigenvalue weighted by Crippen LogP contribution is -2.26. The molecule has 114 valence electrons. The van der Waals surface area contributed by atoms with Gasteiger partial charge in [0, 0.05) is 6.42 Å². The Balaban J connectivity index is 2.31. The maximum absolute atomic E-state index is 11.9. The molecular weight excluding hydrogens is 248 g/mol. The van der Waals surface area contributed by atoms with Crippen LogP contribution in [0.15, 0.2) is 23.8 Å². The number of esters is 1. The van der Waals surface area contributed by atoms with Crippen molar-refractivity contribution in [3.8, 4) is 0 Å². The topological polar surface area (TPSA) is 26.3 Å². The van der Waals surface area contributed by atoms with Crippen LogP contribution in [0.1, 0.15) is 72.1 Å². The summed E-state index contributed by atoms with van der Waals surface area (Å²) < 4.78 is 5.64. The van der Waals surface area contributed by atoms with Gasteiger partial charge >= 0.3 is 5.97 Å².